The maximum absolute atomic E-state index is 12.6. The van der Waals surface area contributed by atoms with E-state index in [2.05, 4.69) is 5.32 Å². The Hall–Kier alpha value is -2.33. The molecule has 0 saturated carbocycles. The van der Waals surface area contributed by atoms with Gasteiger partial charge in [-0.3, -0.25) is 9.59 Å². The van der Waals surface area contributed by atoms with Gasteiger partial charge in [0, 0.05) is 29.7 Å². The van der Waals surface area contributed by atoms with Crippen LogP contribution >= 0.6 is 11.6 Å². The second kappa shape index (κ2) is 8.57. The number of nitrogens with zero attached hydrogens (tertiary/aromatic N) is 1. The molecule has 27 heavy (non-hydrogen) atoms. The van der Waals surface area contributed by atoms with Crippen LogP contribution in [0.2, 0.25) is 5.02 Å². The number of nitrogens with one attached hydrogen (secondary N) is 1. The van der Waals surface area contributed by atoms with Gasteiger partial charge >= 0.3 is 0 Å². The highest BCUT2D eigenvalue weighted by atomic mass is 35.5. The highest BCUT2D eigenvalue weighted by Gasteiger charge is 2.27. The van der Waals surface area contributed by atoms with Crippen molar-refractivity contribution in [2.45, 2.75) is 33.1 Å². The van der Waals surface area contributed by atoms with E-state index in [1.807, 2.05) is 49.1 Å². The van der Waals surface area contributed by atoms with E-state index >= 15 is 0 Å². The summed E-state index contributed by atoms with van der Waals surface area (Å²) in [7, 11) is 0. The van der Waals surface area contributed by atoms with E-state index in [4.69, 9.17) is 11.6 Å². The lowest BCUT2D eigenvalue weighted by molar-refractivity contribution is -0.133. The lowest BCUT2D eigenvalue weighted by Gasteiger charge is -2.31. The Kier molecular flexibility index (Phi) is 6.17. The summed E-state index contributed by atoms with van der Waals surface area (Å²) in [5.74, 6) is 0.101. The molecule has 1 aliphatic heterocycles. The number of aryl methyl sites for hydroxylation is 1. The normalized spacial score (nSPS) is 14.9. The average molecular weight is 385 g/mol. The van der Waals surface area contributed by atoms with Crippen LogP contribution in [-0.4, -0.2) is 29.8 Å². The van der Waals surface area contributed by atoms with Crippen molar-refractivity contribution in [2.75, 3.05) is 18.4 Å². The number of hydrogen-bond acceptors (Lipinski definition) is 2. The minimum absolute atomic E-state index is 0.0495. The Morgan fingerprint density at radius 3 is 2.41 bits per heavy atom. The van der Waals surface area contributed by atoms with E-state index in [-0.39, 0.29) is 17.7 Å². The van der Waals surface area contributed by atoms with Gasteiger partial charge in [-0.2, -0.15) is 0 Å². The molecule has 1 aliphatic rings. The monoisotopic (exact) mass is 384 g/mol. The predicted molar refractivity (Wildman–Crippen MR) is 109 cm³/mol. The number of hydrogen-bond donors (Lipinski definition) is 1. The van der Waals surface area contributed by atoms with E-state index in [1.54, 1.807) is 12.1 Å². The largest absolute Gasteiger partial charge is 0.342 e. The number of anilines is 1. The van der Waals surface area contributed by atoms with Crippen molar-refractivity contribution in [3.05, 3.63) is 64.2 Å². The van der Waals surface area contributed by atoms with E-state index < -0.39 is 0 Å². The first-order valence-electron chi connectivity index (χ1n) is 9.33. The number of halogens is 1. The molecule has 4 nitrogen and oxygen atoms in total. The van der Waals surface area contributed by atoms with Gasteiger partial charge in [-0.25, -0.2) is 0 Å². The van der Waals surface area contributed by atoms with Crippen LogP contribution in [0.4, 0.5) is 5.69 Å². The van der Waals surface area contributed by atoms with Crippen LogP contribution in [0.25, 0.3) is 0 Å². The molecular weight excluding hydrogens is 360 g/mol. The number of benzene rings is 2. The molecule has 3 rings (SSSR count). The second-order valence-electron chi connectivity index (χ2n) is 7.20. The van der Waals surface area contributed by atoms with Crippen LogP contribution in [0.15, 0.2) is 42.5 Å². The Balaban J connectivity index is 1.52. The van der Waals surface area contributed by atoms with Crippen LogP contribution in [0.5, 0.6) is 0 Å². The SMILES string of the molecule is Cc1cccc(NC(=O)C2CCN(C(=O)Cc3ccc(Cl)cc3)CC2)c1C. The smallest absolute Gasteiger partial charge is 0.227 e. The summed E-state index contributed by atoms with van der Waals surface area (Å²) < 4.78 is 0. The minimum atomic E-state index is -0.0514. The van der Waals surface area contributed by atoms with Gasteiger partial charge in [-0.1, -0.05) is 35.9 Å². The molecule has 2 aromatic rings. The molecule has 0 spiro atoms. The van der Waals surface area contributed by atoms with E-state index in [9.17, 15) is 9.59 Å². The Bertz CT molecular complexity index is 825. The zero-order valence-electron chi connectivity index (χ0n) is 15.8. The summed E-state index contributed by atoms with van der Waals surface area (Å²) in [5.41, 5.74) is 4.09. The lowest BCUT2D eigenvalue weighted by Crippen LogP contribution is -2.42. The molecule has 1 saturated heterocycles. The Morgan fingerprint density at radius 2 is 1.74 bits per heavy atom. The number of amides is 2. The van der Waals surface area contributed by atoms with Crippen molar-refractivity contribution in [3.63, 3.8) is 0 Å². The number of carbonyl (C=O) groups is 2. The first-order valence-corrected chi connectivity index (χ1v) is 9.71. The van der Waals surface area contributed by atoms with Gasteiger partial charge in [-0.15, -0.1) is 0 Å². The summed E-state index contributed by atoms with van der Waals surface area (Å²) in [6, 6.07) is 13.3. The summed E-state index contributed by atoms with van der Waals surface area (Å²) in [4.78, 5) is 27.0. The fraction of sp³-hybridized carbons (Fsp3) is 0.364. The zero-order chi connectivity index (χ0) is 19.4. The van der Waals surface area contributed by atoms with Crippen molar-refractivity contribution in [1.82, 2.24) is 4.90 Å². The molecule has 0 aliphatic carbocycles. The molecule has 2 amide bonds. The van der Waals surface area contributed by atoms with E-state index in [0.717, 1.165) is 22.4 Å². The summed E-state index contributed by atoms with van der Waals surface area (Å²) in [6.07, 6.45) is 1.77. The van der Waals surface area contributed by atoms with Crippen LogP contribution in [0.3, 0.4) is 0 Å². The molecular formula is C22H25ClN2O2. The standard InChI is InChI=1S/C22H25ClN2O2/c1-15-4-3-5-20(16(15)2)24-22(27)18-10-12-25(13-11-18)21(26)14-17-6-8-19(23)9-7-17/h3-9,18H,10-14H2,1-2H3,(H,24,27). The van der Waals surface area contributed by atoms with E-state index in [0.29, 0.717) is 37.4 Å². The number of carbonyl (C=O) groups excluding carboxylic acids is 2. The fourth-order valence-corrected chi connectivity index (χ4v) is 3.53. The minimum Gasteiger partial charge on any atom is -0.342 e. The summed E-state index contributed by atoms with van der Waals surface area (Å²) in [5, 5.41) is 3.72. The summed E-state index contributed by atoms with van der Waals surface area (Å²) in [6.45, 7) is 5.30. The molecule has 0 unspecified atom stereocenters. The fourth-order valence-electron chi connectivity index (χ4n) is 3.40. The van der Waals surface area contributed by atoms with Gasteiger partial charge < -0.3 is 10.2 Å². The maximum atomic E-state index is 12.6. The van der Waals surface area contributed by atoms with Crippen LogP contribution in [-0.2, 0) is 16.0 Å². The predicted octanol–water partition coefficient (Wildman–Crippen LogP) is 4.38. The average Bonchev–Trinajstić information content (AvgIpc) is 2.67. The zero-order valence-corrected chi connectivity index (χ0v) is 16.6. The van der Waals surface area contributed by atoms with Gasteiger partial charge in [0.2, 0.25) is 11.8 Å². The van der Waals surface area contributed by atoms with Crippen molar-refractivity contribution in [1.29, 1.82) is 0 Å². The van der Waals surface area contributed by atoms with E-state index in [1.165, 1.54) is 0 Å². The van der Waals surface area contributed by atoms with Gasteiger partial charge in [-0.05, 0) is 61.6 Å². The van der Waals surface area contributed by atoms with Crippen molar-refractivity contribution >= 4 is 29.1 Å². The van der Waals surface area contributed by atoms with Crippen LogP contribution in [0, 0.1) is 19.8 Å². The van der Waals surface area contributed by atoms with Gasteiger partial charge in [0.1, 0.15) is 0 Å². The molecule has 5 heteroatoms. The van der Waals surface area contributed by atoms with Gasteiger partial charge in [0.15, 0.2) is 0 Å². The van der Waals surface area contributed by atoms with Gasteiger partial charge in [0.25, 0.3) is 0 Å². The third-order valence-electron chi connectivity index (χ3n) is 5.35. The molecule has 1 fully saturated rings. The summed E-state index contributed by atoms with van der Waals surface area (Å²) >= 11 is 5.89. The van der Waals surface area contributed by atoms with Crippen molar-refractivity contribution < 1.29 is 9.59 Å². The first kappa shape index (κ1) is 19.4. The number of piperidine rings is 1. The number of rotatable bonds is 4. The first-order chi connectivity index (χ1) is 12.9. The molecule has 0 radical (unpaired) electrons. The highest BCUT2D eigenvalue weighted by Crippen LogP contribution is 2.23. The van der Waals surface area contributed by atoms with Crippen LogP contribution < -0.4 is 5.32 Å². The Labute approximate surface area is 165 Å². The Morgan fingerprint density at radius 1 is 1.07 bits per heavy atom. The molecule has 0 bridgehead atoms. The number of likely N-dealkylation sites (tertiary alicyclic amines) is 1. The molecule has 142 valence electrons. The molecule has 1 heterocycles. The van der Waals surface area contributed by atoms with Gasteiger partial charge in [0.05, 0.1) is 6.42 Å². The van der Waals surface area contributed by atoms with Crippen molar-refractivity contribution in [2.24, 2.45) is 5.92 Å². The maximum Gasteiger partial charge on any atom is 0.227 e. The third kappa shape index (κ3) is 4.89. The third-order valence-corrected chi connectivity index (χ3v) is 5.60. The molecule has 0 atom stereocenters. The molecule has 2 aromatic carbocycles. The lowest BCUT2D eigenvalue weighted by atomic mass is 9.95. The second-order valence-corrected chi connectivity index (χ2v) is 7.63. The van der Waals surface area contributed by atoms with Crippen molar-refractivity contribution in [3.8, 4) is 0 Å². The van der Waals surface area contributed by atoms with Crippen LogP contribution in [0.1, 0.15) is 29.5 Å². The highest BCUT2D eigenvalue weighted by molar-refractivity contribution is 6.30. The molecule has 1 N–H and O–H groups in total. The quantitative estimate of drug-likeness (QED) is 0.850. The topological polar surface area (TPSA) is 49.4 Å². The molecule has 0 aromatic heterocycles.